The summed E-state index contributed by atoms with van der Waals surface area (Å²) in [5.41, 5.74) is -0.531. The lowest BCUT2D eigenvalue weighted by Crippen LogP contribution is -2.05. The number of benzene rings is 1. The number of carboxylic acid groups (broad SMARTS) is 1. The number of aromatic nitrogens is 1. The smallest absolute Gasteiger partial charge is 0.336 e. The van der Waals surface area contributed by atoms with Crippen molar-refractivity contribution >= 4 is 16.9 Å². The van der Waals surface area contributed by atoms with E-state index in [0.29, 0.717) is 5.52 Å². The predicted molar refractivity (Wildman–Crippen MR) is 53.7 cm³/mol. The highest BCUT2D eigenvalue weighted by atomic mass is 19.3. The highest BCUT2D eigenvalue weighted by Gasteiger charge is 2.21. The van der Waals surface area contributed by atoms with Crippen LogP contribution in [0.3, 0.4) is 0 Å². The Labute approximate surface area is 89.3 Å². The quantitative estimate of drug-likeness (QED) is 0.851. The molecule has 0 saturated heterocycles. The van der Waals surface area contributed by atoms with Crippen molar-refractivity contribution in [3.63, 3.8) is 0 Å². The van der Waals surface area contributed by atoms with Crippen LogP contribution in [0.25, 0.3) is 10.9 Å². The number of nitrogens with zero attached hydrogens (tertiary/aromatic N) is 1. The summed E-state index contributed by atoms with van der Waals surface area (Å²) in [6, 6.07) is 6.31. The SMILES string of the molecule is O=C(O)c1c(C(F)F)cnc2ccccc12. The predicted octanol–water partition coefficient (Wildman–Crippen LogP) is 2.87. The number of hydrogen-bond donors (Lipinski definition) is 1. The second-order valence-electron chi connectivity index (χ2n) is 3.21. The molecule has 0 spiro atoms. The average Bonchev–Trinajstić information content (AvgIpc) is 2.27. The van der Waals surface area contributed by atoms with E-state index in [0.717, 1.165) is 6.20 Å². The van der Waals surface area contributed by atoms with Gasteiger partial charge in [-0.05, 0) is 6.07 Å². The number of alkyl halides is 2. The molecule has 2 rings (SSSR count). The number of rotatable bonds is 2. The van der Waals surface area contributed by atoms with Gasteiger partial charge in [-0.3, -0.25) is 4.98 Å². The Morgan fingerprint density at radius 3 is 2.62 bits per heavy atom. The van der Waals surface area contributed by atoms with Crippen molar-refractivity contribution in [2.24, 2.45) is 0 Å². The summed E-state index contributed by atoms with van der Waals surface area (Å²) >= 11 is 0. The zero-order valence-electron chi connectivity index (χ0n) is 8.02. The zero-order valence-corrected chi connectivity index (χ0v) is 8.02. The van der Waals surface area contributed by atoms with Gasteiger partial charge in [-0.1, -0.05) is 18.2 Å². The molecule has 1 aromatic heterocycles. The molecule has 3 nitrogen and oxygen atoms in total. The first-order chi connectivity index (χ1) is 7.61. The van der Waals surface area contributed by atoms with E-state index in [2.05, 4.69) is 4.98 Å². The van der Waals surface area contributed by atoms with Crippen LogP contribution < -0.4 is 0 Å². The molecule has 0 aliphatic heterocycles. The molecule has 0 bridgehead atoms. The number of carbonyl (C=O) groups is 1. The minimum Gasteiger partial charge on any atom is -0.478 e. The molecule has 82 valence electrons. The van der Waals surface area contributed by atoms with Gasteiger partial charge in [0.15, 0.2) is 0 Å². The van der Waals surface area contributed by atoms with E-state index in [9.17, 15) is 13.6 Å². The number of halogens is 2. The van der Waals surface area contributed by atoms with E-state index in [1.54, 1.807) is 18.2 Å². The van der Waals surface area contributed by atoms with Gasteiger partial charge in [0.25, 0.3) is 6.43 Å². The number of fused-ring (bicyclic) bond motifs is 1. The van der Waals surface area contributed by atoms with Gasteiger partial charge in [0.05, 0.1) is 16.6 Å². The van der Waals surface area contributed by atoms with Crippen molar-refractivity contribution in [2.75, 3.05) is 0 Å². The Balaban J connectivity index is 2.84. The van der Waals surface area contributed by atoms with E-state index in [1.165, 1.54) is 6.07 Å². The maximum Gasteiger partial charge on any atom is 0.336 e. The normalized spacial score (nSPS) is 10.9. The summed E-state index contributed by atoms with van der Waals surface area (Å²) < 4.78 is 25.2. The van der Waals surface area contributed by atoms with Gasteiger partial charge in [-0.15, -0.1) is 0 Å². The van der Waals surface area contributed by atoms with Gasteiger partial charge in [-0.2, -0.15) is 0 Å². The molecule has 1 aromatic carbocycles. The van der Waals surface area contributed by atoms with Gasteiger partial charge < -0.3 is 5.11 Å². The zero-order chi connectivity index (χ0) is 11.7. The number of para-hydroxylation sites is 1. The fourth-order valence-corrected chi connectivity index (χ4v) is 1.56. The minimum absolute atomic E-state index is 0.229. The van der Waals surface area contributed by atoms with Gasteiger partial charge >= 0.3 is 5.97 Å². The summed E-state index contributed by atoms with van der Waals surface area (Å²) in [5, 5.41) is 9.18. The van der Waals surface area contributed by atoms with Gasteiger partial charge in [0, 0.05) is 11.6 Å². The molecule has 0 unspecified atom stereocenters. The van der Waals surface area contributed by atoms with Crippen molar-refractivity contribution < 1.29 is 18.7 Å². The second-order valence-corrected chi connectivity index (χ2v) is 3.21. The molecule has 0 amide bonds. The molecule has 16 heavy (non-hydrogen) atoms. The topological polar surface area (TPSA) is 50.2 Å². The largest absolute Gasteiger partial charge is 0.478 e. The first kappa shape index (κ1) is 10.5. The molecule has 0 aliphatic rings. The summed E-state index contributed by atoms with van der Waals surface area (Å²) in [5.74, 6) is -1.37. The molecule has 2 aromatic rings. The van der Waals surface area contributed by atoms with Crippen molar-refractivity contribution in [1.29, 1.82) is 0 Å². The number of aromatic carboxylic acids is 1. The van der Waals surface area contributed by atoms with Gasteiger partial charge in [0.1, 0.15) is 0 Å². The number of carboxylic acids is 1. The van der Waals surface area contributed by atoms with Crippen molar-refractivity contribution in [3.8, 4) is 0 Å². The summed E-state index contributed by atoms with van der Waals surface area (Å²) in [6.45, 7) is 0. The van der Waals surface area contributed by atoms with Gasteiger partial charge in [-0.25, -0.2) is 13.6 Å². The van der Waals surface area contributed by atoms with Crippen LogP contribution in [0.4, 0.5) is 8.78 Å². The standard InChI is InChI=1S/C11H7F2NO2/c12-10(13)7-5-14-8-4-2-1-3-6(8)9(7)11(15)16/h1-5,10H,(H,15,16). The molecule has 0 atom stereocenters. The molecule has 1 heterocycles. The van der Waals surface area contributed by atoms with Crippen LogP contribution in [0.15, 0.2) is 30.5 Å². The van der Waals surface area contributed by atoms with Crippen LogP contribution in [-0.4, -0.2) is 16.1 Å². The highest BCUT2D eigenvalue weighted by Crippen LogP contribution is 2.27. The molecule has 0 saturated carbocycles. The summed E-state index contributed by atoms with van der Waals surface area (Å²) in [6.07, 6.45) is -1.93. The lowest BCUT2D eigenvalue weighted by atomic mass is 10.0. The third kappa shape index (κ3) is 1.60. The average molecular weight is 223 g/mol. The second kappa shape index (κ2) is 3.84. The highest BCUT2D eigenvalue weighted by molar-refractivity contribution is 6.03. The van der Waals surface area contributed by atoms with Crippen LogP contribution in [0.5, 0.6) is 0 Å². The van der Waals surface area contributed by atoms with Crippen LogP contribution in [0.1, 0.15) is 22.3 Å². The molecule has 0 fully saturated rings. The third-order valence-corrected chi connectivity index (χ3v) is 2.25. The first-order valence-corrected chi connectivity index (χ1v) is 4.50. The third-order valence-electron chi connectivity index (χ3n) is 2.25. The fraction of sp³-hybridized carbons (Fsp3) is 0.0909. The molecule has 1 N–H and O–H groups in total. The van der Waals surface area contributed by atoms with E-state index in [1.807, 2.05) is 0 Å². The molecular weight excluding hydrogens is 216 g/mol. The number of hydrogen-bond acceptors (Lipinski definition) is 2. The van der Waals surface area contributed by atoms with Crippen molar-refractivity contribution in [2.45, 2.75) is 6.43 Å². The lowest BCUT2D eigenvalue weighted by molar-refractivity contribution is 0.0687. The number of pyridine rings is 1. The fourth-order valence-electron chi connectivity index (χ4n) is 1.56. The van der Waals surface area contributed by atoms with Crippen LogP contribution in [-0.2, 0) is 0 Å². The maximum atomic E-state index is 12.6. The van der Waals surface area contributed by atoms with E-state index in [4.69, 9.17) is 5.11 Å². The molecule has 5 heteroatoms. The van der Waals surface area contributed by atoms with E-state index < -0.39 is 18.0 Å². The monoisotopic (exact) mass is 223 g/mol. The van der Waals surface area contributed by atoms with Gasteiger partial charge in [0.2, 0.25) is 0 Å². The van der Waals surface area contributed by atoms with Crippen molar-refractivity contribution in [3.05, 3.63) is 41.6 Å². The summed E-state index contributed by atoms with van der Waals surface area (Å²) in [4.78, 5) is 14.8. The maximum absolute atomic E-state index is 12.6. The summed E-state index contributed by atoms with van der Waals surface area (Å²) in [7, 11) is 0. The lowest BCUT2D eigenvalue weighted by Gasteiger charge is -2.07. The Kier molecular flexibility index (Phi) is 2.52. The van der Waals surface area contributed by atoms with Crippen LogP contribution in [0, 0.1) is 0 Å². The minimum atomic E-state index is -2.84. The molecule has 0 radical (unpaired) electrons. The molecule has 0 aliphatic carbocycles. The van der Waals surface area contributed by atoms with E-state index >= 15 is 0 Å². The van der Waals surface area contributed by atoms with Crippen LogP contribution in [0.2, 0.25) is 0 Å². The van der Waals surface area contributed by atoms with Crippen molar-refractivity contribution in [1.82, 2.24) is 4.98 Å². The Morgan fingerprint density at radius 1 is 1.31 bits per heavy atom. The van der Waals surface area contributed by atoms with Crippen LogP contribution >= 0.6 is 0 Å². The Hall–Kier alpha value is -2.04. The Morgan fingerprint density at radius 2 is 2.00 bits per heavy atom. The molecular formula is C11H7F2NO2. The van der Waals surface area contributed by atoms with E-state index in [-0.39, 0.29) is 10.9 Å². The Bertz CT molecular complexity index is 555. The first-order valence-electron chi connectivity index (χ1n) is 4.50.